The van der Waals surface area contributed by atoms with Gasteiger partial charge in [0.25, 0.3) is 0 Å². The maximum absolute atomic E-state index is 11.8. The molecule has 2 amide bonds. The van der Waals surface area contributed by atoms with Crippen LogP contribution in [0, 0.1) is 0 Å². The van der Waals surface area contributed by atoms with E-state index >= 15 is 0 Å². The number of nitrogens with zero attached hydrogens (tertiary/aromatic N) is 1. The smallest absolute Gasteiger partial charge is 0.305 e. The number of amides is 2. The van der Waals surface area contributed by atoms with E-state index in [0.717, 1.165) is 5.56 Å². The van der Waals surface area contributed by atoms with E-state index in [0.29, 0.717) is 6.54 Å². The molecule has 1 aromatic carbocycles. The van der Waals surface area contributed by atoms with Gasteiger partial charge in [0, 0.05) is 6.92 Å². The second-order valence-corrected chi connectivity index (χ2v) is 4.97. The molecular formula is C16H21N3O5. The quantitative estimate of drug-likeness (QED) is 0.467. The second kappa shape index (κ2) is 9.98. The molecule has 0 aliphatic heterocycles. The molecule has 1 atom stereocenters. The van der Waals surface area contributed by atoms with Gasteiger partial charge in [0.15, 0.2) is 0 Å². The van der Waals surface area contributed by atoms with Crippen molar-refractivity contribution < 1.29 is 24.2 Å². The summed E-state index contributed by atoms with van der Waals surface area (Å²) >= 11 is 0. The minimum atomic E-state index is -1.11. The molecule has 0 aliphatic rings. The Bertz CT molecular complexity index is 601. The molecule has 0 radical (unpaired) electrons. The average Bonchev–Trinajstić information content (AvgIpc) is 2.54. The molecule has 1 rings (SSSR count). The van der Waals surface area contributed by atoms with Crippen LogP contribution in [0.25, 0.3) is 0 Å². The van der Waals surface area contributed by atoms with Gasteiger partial charge < -0.3 is 20.5 Å². The highest BCUT2D eigenvalue weighted by Crippen LogP contribution is 2.04. The van der Waals surface area contributed by atoms with Crippen LogP contribution in [0.3, 0.4) is 0 Å². The molecule has 0 aliphatic carbocycles. The third-order valence-corrected chi connectivity index (χ3v) is 2.98. The maximum Gasteiger partial charge on any atom is 0.305 e. The van der Waals surface area contributed by atoms with Crippen LogP contribution in [-0.4, -0.2) is 48.5 Å². The molecule has 3 N–H and O–H groups in total. The van der Waals surface area contributed by atoms with Crippen molar-refractivity contribution in [2.75, 3.05) is 13.7 Å². The number of ether oxygens (including phenoxy) is 1. The van der Waals surface area contributed by atoms with Crippen LogP contribution < -0.4 is 10.6 Å². The number of benzene rings is 1. The van der Waals surface area contributed by atoms with E-state index in [1.54, 1.807) is 0 Å². The summed E-state index contributed by atoms with van der Waals surface area (Å²) in [7, 11) is 1.36. The predicted molar refractivity (Wildman–Crippen MR) is 87.5 cm³/mol. The monoisotopic (exact) mass is 335 g/mol. The van der Waals surface area contributed by atoms with Crippen molar-refractivity contribution in [3.8, 4) is 0 Å². The van der Waals surface area contributed by atoms with E-state index in [1.807, 2.05) is 30.3 Å². The zero-order valence-corrected chi connectivity index (χ0v) is 13.6. The van der Waals surface area contributed by atoms with Crippen molar-refractivity contribution in [1.82, 2.24) is 10.6 Å². The van der Waals surface area contributed by atoms with E-state index in [4.69, 9.17) is 9.84 Å². The van der Waals surface area contributed by atoms with Crippen LogP contribution in [0.5, 0.6) is 0 Å². The number of hydrogen-bond acceptors (Lipinski definition) is 5. The molecule has 0 spiro atoms. The van der Waals surface area contributed by atoms with E-state index in [1.165, 1.54) is 14.0 Å². The lowest BCUT2D eigenvalue weighted by molar-refractivity contribution is -0.137. The van der Waals surface area contributed by atoms with Crippen molar-refractivity contribution in [3.63, 3.8) is 0 Å². The van der Waals surface area contributed by atoms with Crippen molar-refractivity contribution in [3.05, 3.63) is 35.9 Å². The molecule has 0 bridgehead atoms. The van der Waals surface area contributed by atoms with Crippen LogP contribution >= 0.6 is 0 Å². The van der Waals surface area contributed by atoms with E-state index in [-0.39, 0.29) is 24.8 Å². The van der Waals surface area contributed by atoms with Crippen molar-refractivity contribution in [2.24, 2.45) is 4.99 Å². The maximum atomic E-state index is 11.8. The number of carbonyl (C=O) groups excluding carboxylic acids is 2. The van der Waals surface area contributed by atoms with Gasteiger partial charge in [-0.1, -0.05) is 30.3 Å². The highest BCUT2D eigenvalue weighted by Gasteiger charge is 2.22. The van der Waals surface area contributed by atoms with Gasteiger partial charge in [0.1, 0.15) is 6.04 Å². The van der Waals surface area contributed by atoms with Crippen molar-refractivity contribution >= 4 is 23.7 Å². The van der Waals surface area contributed by atoms with Crippen molar-refractivity contribution in [2.45, 2.75) is 25.9 Å². The third kappa shape index (κ3) is 7.39. The Morgan fingerprint density at radius 1 is 1.25 bits per heavy atom. The number of nitrogens with one attached hydrogen (secondary N) is 2. The van der Waals surface area contributed by atoms with Crippen LogP contribution in [0.4, 0.5) is 0 Å². The summed E-state index contributed by atoms with van der Waals surface area (Å²) in [6, 6.07) is 8.43. The van der Waals surface area contributed by atoms with Crippen molar-refractivity contribution in [1.29, 1.82) is 0 Å². The first-order valence-electron chi connectivity index (χ1n) is 7.30. The number of hydrogen-bond donors (Lipinski definition) is 3. The number of aliphatic carboxylic acids is 1. The Morgan fingerprint density at radius 3 is 2.46 bits per heavy atom. The highest BCUT2D eigenvalue weighted by molar-refractivity contribution is 5.92. The predicted octanol–water partition coefficient (Wildman–Crippen LogP) is 0.327. The fourth-order valence-electron chi connectivity index (χ4n) is 1.89. The summed E-state index contributed by atoms with van der Waals surface area (Å²) in [6.07, 6.45) is -0.382. The van der Waals surface area contributed by atoms with Gasteiger partial charge in [-0.2, -0.15) is 0 Å². The lowest BCUT2D eigenvalue weighted by Gasteiger charge is -2.18. The highest BCUT2D eigenvalue weighted by atomic mass is 16.5. The van der Waals surface area contributed by atoms with Crippen LogP contribution in [-0.2, 0) is 25.7 Å². The van der Waals surface area contributed by atoms with Gasteiger partial charge in [-0.05, 0) is 5.56 Å². The lowest BCUT2D eigenvalue weighted by Crippen LogP contribution is -2.46. The van der Waals surface area contributed by atoms with Gasteiger partial charge in [-0.15, -0.1) is 0 Å². The van der Waals surface area contributed by atoms with Crippen LogP contribution in [0.15, 0.2) is 35.3 Å². The Morgan fingerprint density at radius 2 is 1.92 bits per heavy atom. The largest absolute Gasteiger partial charge is 0.483 e. The van der Waals surface area contributed by atoms with Gasteiger partial charge in [-0.3, -0.25) is 14.4 Å². The van der Waals surface area contributed by atoms with Gasteiger partial charge in [-0.25, -0.2) is 4.99 Å². The van der Waals surface area contributed by atoms with Gasteiger partial charge in [0.2, 0.25) is 17.7 Å². The summed E-state index contributed by atoms with van der Waals surface area (Å²) in [5.74, 6) is -1.88. The molecule has 0 unspecified atom stereocenters. The Balaban J connectivity index is 2.80. The zero-order valence-electron chi connectivity index (χ0n) is 13.6. The normalized spacial score (nSPS) is 12.2. The molecule has 8 heteroatoms. The van der Waals surface area contributed by atoms with Crippen LogP contribution in [0.2, 0.25) is 0 Å². The SMILES string of the molecule is COC(=NCc1ccccc1)[C@H](CC(=O)O)NC(=O)CNC(C)=O. The van der Waals surface area contributed by atoms with E-state index in [2.05, 4.69) is 15.6 Å². The number of methoxy groups -OCH3 is 1. The lowest BCUT2D eigenvalue weighted by atomic mass is 10.2. The molecule has 0 heterocycles. The van der Waals surface area contributed by atoms with Gasteiger partial charge in [0.05, 0.1) is 26.6 Å². The summed E-state index contributed by atoms with van der Waals surface area (Å²) < 4.78 is 5.15. The first-order chi connectivity index (χ1) is 11.4. The minimum absolute atomic E-state index is 0.109. The fourth-order valence-corrected chi connectivity index (χ4v) is 1.89. The Hall–Kier alpha value is -2.90. The second-order valence-electron chi connectivity index (χ2n) is 4.97. The number of aliphatic imine (C=N–C) groups is 1. The first-order valence-corrected chi connectivity index (χ1v) is 7.30. The third-order valence-electron chi connectivity index (χ3n) is 2.98. The zero-order chi connectivity index (χ0) is 17.9. The number of carboxylic acids is 1. The summed E-state index contributed by atoms with van der Waals surface area (Å²) in [5.41, 5.74) is 0.922. The summed E-state index contributed by atoms with van der Waals surface area (Å²) in [5, 5.41) is 13.9. The summed E-state index contributed by atoms with van der Waals surface area (Å²) in [4.78, 5) is 37.9. The molecule has 8 nitrogen and oxygen atoms in total. The molecule has 24 heavy (non-hydrogen) atoms. The molecule has 0 saturated heterocycles. The summed E-state index contributed by atoms with van der Waals surface area (Å²) in [6.45, 7) is 1.33. The van der Waals surface area contributed by atoms with Gasteiger partial charge >= 0.3 is 5.97 Å². The topological polar surface area (TPSA) is 117 Å². The van der Waals surface area contributed by atoms with Crippen LogP contribution in [0.1, 0.15) is 18.9 Å². The number of rotatable bonds is 8. The Kier molecular flexibility index (Phi) is 7.97. The molecule has 0 aromatic heterocycles. The minimum Gasteiger partial charge on any atom is -0.483 e. The molecule has 1 aromatic rings. The fraction of sp³-hybridized carbons (Fsp3) is 0.375. The standard InChI is InChI=1S/C16H21N3O5/c1-11(20)17-10-14(21)19-13(8-15(22)23)16(24-2)18-9-12-6-4-3-5-7-12/h3-7,13H,8-10H2,1-2H3,(H,17,20)(H,19,21)(H,22,23)/t13-/m0/s1. The number of carboxylic acid groups (broad SMARTS) is 1. The molecule has 0 fully saturated rings. The number of carbonyl (C=O) groups is 3. The van der Waals surface area contributed by atoms with E-state index < -0.39 is 17.9 Å². The average molecular weight is 335 g/mol. The molecule has 0 saturated carbocycles. The van der Waals surface area contributed by atoms with E-state index in [9.17, 15) is 14.4 Å². The molecular weight excluding hydrogens is 314 g/mol. The first kappa shape index (κ1) is 19.1. The molecule has 130 valence electrons. The Labute approximate surface area is 139 Å².